The van der Waals surface area contributed by atoms with E-state index in [0.29, 0.717) is 6.42 Å². The number of benzene rings is 1. The summed E-state index contributed by atoms with van der Waals surface area (Å²) >= 11 is 5.86. The molecule has 1 aromatic carbocycles. The van der Waals surface area contributed by atoms with Gasteiger partial charge in [0.2, 0.25) is 5.91 Å². The third-order valence-corrected chi connectivity index (χ3v) is 2.54. The molecule has 0 aliphatic rings. The highest BCUT2D eigenvalue weighted by atomic mass is 35.5. The Kier molecular flexibility index (Phi) is 4.29. The Balaban J connectivity index is 2.89. The highest BCUT2D eigenvalue weighted by Gasteiger charge is 2.19. The maximum Gasteiger partial charge on any atom is 0.290 e. The monoisotopic (exact) mass is 270 g/mol. The average molecular weight is 271 g/mol. The van der Waals surface area contributed by atoms with Crippen LogP contribution in [0.1, 0.15) is 27.2 Å². The van der Waals surface area contributed by atoms with E-state index in [1.807, 2.05) is 20.8 Å². The molecule has 0 saturated carbocycles. The zero-order valence-electron chi connectivity index (χ0n) is 10.5. The molecular formula is C12H15ClN2O3. The van der Waals surface area contributed by atoms with Crippen LogP contribution in [0.2, 0.25) is 5.02 Å². The normalized spacial score (nSPS) is 11.1. The largest absolute Gasteiger partial charge is 0.325 e. The molecule has 0 atom stereocenters. The van der Waals surface area contributed by atoms with Crippen molar-refractivity contribution in [3.63, 3.8) is 0 Å². The molecule has 1 amide bonds. The lowest BCUT2D eigenvalue weighted by Crippen LogP contribution is -2.19. The molecule has 6 heteroatoms. The SMILES string of the molecule is CC(C)(C)CC(=O)Nc1cccc([N+](=O)[O-])c1Cl. The number of hydrogen-bond acceptors (Lipinski definition) is 3. The predicted octanol–water partition coefficient (Wildman–Crippen LogP) is 3.62. The first-order valence-electron chi connectivity index (χ1n) is 5.43. The molecule has 98 valence electrons. The van der Waals surface area contributed by atoms with Gasteiger partial charge in [-0.2, -0.15) is 0 Å². The number of carbonyl (C=O) groups excluding carboxylic acids is 1. The lowest BCUT2D eigenvalue weighted by molar-refractivity contribution is -0.384. The first-order valence-corrected chi connectivity index (χ1v) is 5.81. The summed E-state index contributed by atoms with van der Waals surface area (Å²) < 4.78 is 0. The third-order valence-electron chi connectivity index (χ3n) is 2.14. The first kappa shape index (κ1) is 14.4. The third kappa shape index (κ3) is 4.00. The molecule has 18 heavy (non-hydrogen) atoms. The van der Waals surface area contributed by atoms with E-state index in [-0.39, 0.29) is 27.7 Å². The molecule has 0 unspecified atom stereocenters. The summed E-state index contributed by atoms with van der Waals surface area (Å²) in [6, 6.07) is 4.31. The molecule has 5 nitrogen and oxygen atoms in total. The second-order valence-corrected chi connectivity index (χ2v) is 5.56. The van der Waals surface area contributed by atoms with Gasteiger partial charge in [0.25, 0.3) is 5.69 Å². The Bertz CT molecular complexity index is 481. The van der Waals surface area contributed by atoms with Crippen molar-refractivity contribution >= 4 is 28.9 Å². The fourth-order valence-corrected chi connectivity index (χ4v) is 1.68. The minimum absolute atomic E-state index is 0.0511. The van der Waals surface area contributed by atoms with Crippen molar-refractivity contribution in [3.8, 4) is 0 Å². The van der Waals surface area contributed by atoms with Gasteiger partial charge in [-0.3, -0.25) is 14.9 Å². The lowest BCUT2D eigenvalue weighted by Gasteiger charge is -2.17. The fraction of sp³-hybridized carbons (Fsp3) is 0.417. The Hall–Kier alpha value is -1.62. The summed E-state index contributed by atoms with van der Waals surface area (Å²) in [5, 5.41) is 13.2. The van der Waals surface area contributed by atoms with Crippen LogP contribution >= 0.6 is 11.6 Å². The molecule has 1 aromatic rings. The highest BCUT2D eigenvalue weighted by Crippen LogP contribution is 2.32. The van der Waals surface area contributed by atoms with Crippen molar-refractivity contribution in [1.29, 1.82) is 0 Å². The second-order valence-electron chi connectivity index (χ2n) is 5.18. The zero-order valence-corrected chi connectivity index (χ0v) is 11.2. The van der Waals surface area contributed by atoms with Crippen molar-refractivity contribution in [2.24, 2.45) is 5.41 Å². The summed E-state index contributed by atoms with van der Waals surface area (Å²) in [5.74, 6) is -0.218. The molecule has 0 saturated heterocycles. The molecule has 0 aliphatic heterocycles. The van der Waals surface area contributed by atoms with E-state index in [9.17, 15) is 14.9 Å². The Morgan fingerprint density at radius 2 is 2.06 bits per heavy atom. The van der Waals surface area contributed by atoms with E-state index >= 15 is 0 Å². The van der Waals surface area contributed by atoms with Crippen molar-refractivity contribution in [3.05, 3.63) is 33.3 Å². The minimum atomic E-state index is -0.582. The van der Waals surface area contributed by atoms with E-state index in [0.717, 1.165) is 0 Å². The number of nitrogens with one attached hydrogen (secondary N) is 1. The standard InChI is InChI=1S/C12H15ClN2O3/c1-12(2,3)7-10(16)14-8-5-4-6-9(11(8)13)15(17)18/h4-6H,7H2,1-3H3,(H,14,16). The number of amides is 1. The molecule has 0 aliphatic carbocycles. The van der Waals surface area contributed by atoms with E-state index in [1.165, 1.54) is 18.2 Å². The second kappa shape index (κ2) is 5.35. The molecular weight excluding hydrogens is 256 g/mol. The van der Waals surface area contributed by atoms with Gasteiger partial charge in [-0.1, -0.05) is 38.4 Å². The van der Waals surface area contributed by atoms with Crippen LogP contribution < -0.4 is 5.32 Å². The molecule has 0 radical (unpaired) electrons. The summed E-state index contributed by atoms with van der Waals surface area (Å²) in [6.07, 6.45) is 0.312. The van der Waals surface area contributed by atoms with Crippen LogP contribution in [0.5, 0.6) is 0 Å². The number of anilines is 1. The molecule has 0 bridgehead atoms. The minimum Gasteiger partial charge on any atom is -0.325 e. The summed E-state index contributed by atoms with van der Waals surface area (Å²) in [5.41, 5.74) is -0.109. The molecule has 0 spiro atoms. The van der Waals surface area contributed by atoms with Crippen LogP contribution in [0.3, 0.4) is 0 Å². The van der Waals surface area contributed by atoms with Crippen LogP contribution in [0.15, 0.2) is 18.2 Å². The topological polar surface area (TPSA) is 72.2 Å². The number of carbonyl (C=O) groups is 1. The van der Waals surface area contributed by atoms with Gasteiger partial charge >= 0.3 is 0 Å². The van der Waals surface area contributed by atoms with E-state index in [2.05, 4.69) is 5.32 Å². The first-order chi connectivity index (χ1) is 8.20. The van der Waals surface area contributed by atoms with E-state index in [4.69, 9.17) is 11.6 Å². The van der Waals surface area contributed by atoms with Gasteiger partial charge in [0.15, 0.2) is 0 Å². The van der Waals surface area contributed by atoms with E-state index in [1.54, 1.807) is 0 Å². The van der Waals surface area contributed by atoms with Crippen LogP contribution in [0.25, 0.3) is 0 Å². The predicted molar refractivity (Wildman–Crippen MR) is 70.8 cm³/mol. The highest BCUT2D eigenvalue weighted by molar-refractivity contribution is 6.35. The van der Waals surface area contributed by atoms with Crippen molar-refractivity contribution in [2.75, 3.05) is 5.32 Å². The number of halogens is 1. The van der Waals surface area contributed by atoms with Crippen LogP contribution in [0.4, 0.5) is 11.4 Å². The van der Waals surface area contributed by atoms with E-state index < -0.39 is 4.92 Å². The van der Waals surface area contributed by atoms with Gasteiger partial charge in [-0.05, 0) is 11.5 Å². The maximum absolute atomic E-state index is 11.7. The number of rotatable bonds is 3. The van der Waals surface area contributed by atoms with Gasteiger partial charge in [0.1, 0.15) is 5.02 Å². The van der Waals surface area contributed by atoms with Crippen LogP contribution in [-0.4, -0.2) is 10.8 Å². The van der Waals surface area contributed by atoms with Gasteiger partial charge in [0.05, 0.1) is 10.6 Å². The van der Waals surface area contributed by atoms with Crippen LogP contribution in [-0.2, 0) is 4.79 Å². The molecule has 0 fully saturated rings. The molecule has 0 heterocycles. The average Bonchev–Trinajstić information content (AvgIpc) is 2.17. The number of hydrogen-bond donors (Lipinski definition) is 1. The summed E-state index contributed by atoms with van der Waals surface area (Å²) in [4.78, 5) is 21.8. The molecule has 1 rings (SSSR count). The van der Waals surface area contributed by atoms with Gasteiger partial charge in [-0.15, -0.1) is 0 Å². The van der Waals surface area contributed by atoms with Gasteiger partial charge in [0, 0.05) is 12.5 Å². The quantitative estimate of drug-likeness (QED) is 0.673. The van der Waals surface area contributed by atoms with Crippen molar-refractivity contribution in [1.82, 2.24) is 0 Å². The number of nitro benzene ring substituents is 1. The lowest BCUT2D eigenvalue weighted by atomic mass is 9.92. The Morgan fingerprint density at radius 1 is 1.44 bits per heavy atom. The van der Waals surface area contributed by atoms with Crippen LogP contribution in [0, 0.1) is 15.5 Å². The fourth-order valence-electron chi connectivity index (χ4n) is 1.43. The Morgan fingerprint density at radius 3 is 2.56 bits per heavy atom. The maximum atomic E-state index is 11.7. The van der Waals surface area contributed by atoms with Gasteiger partial charge in [-0.25, -0.2) is 0 Å². The summed E-state index contributed by atoms with van der Waals surface area (Å²) in [6.45, 7) is 5.80. The number of nitro groups is 1. The van der Waals surface area contributed by atoms with Gasteiger partial charge < -0.3 is 5.32 Å². The van der Waals surface area contributed by atoms with Crippen molar-refractivity contribution in [2.45, 2.75) is 27.2 Å². The molecule has 0 aromatic heterocycles. The Labute approximate surface area is 110 Å². The van der Waals surface area contributed by atoms with Crippen molar-refractivity contribution < 1.29 is 9.72 Å². The zero-order chi connectivity index (χ0) is 13.9. The summed E-state index contributed by atoms with van der Waals surface area (Å²) in [7, 11) is 0. The molecule has 1 N–H and O–H groups in total. The smallest absolute Gasteiger partial charge is 0.290 e. The number of nitrogens with zero attached hydrogens (tertiary/aromatic N) is 1.